The van der Waals surface area contributed by atoms with Gasteiger partial charge in [-0.25, -0.2) is 15.8 Å². The van der Waals surface area contributed by atoms with Gasteiger partial charge in [0.1, 0.15) is 11.9 Å². The maximum atomic E-state index is 5.54. The van der Waals surface area contributed by atoms with Crippen molar-refractivity contribution in [3.8, 4) is 0 Å². The van der Waals surface area contributed by atoms with Crippen LogP contribution in [0.1, 0.15) is 49.4 Å². The van der Waals surface area contributed by atoms with Crippen molar-refractivity contribution in [3.05, 3.63) is 17.1 Å². The lowest BCUT2D eigenvalue weighted by Gasteiger charge is -2.20. The van der Waals surface area contributed by atoms with E-state index in [0.29, 0.717) is 0 Å². The second kappa shape index (κ2) is 5.42. The molecule has 1 atom stereocenters. The van der Waals surface area contributed by atoms with Crippen LogP contribution in [-0.4, -0.2) is 17.1 Å². The van der Waals surface area contributed by atoms with E-state index in [-0.39, 0.29) is 6.10 Å². The van der Waals surface area contributed by atoms with Crippen molar-refractivity contribution in [1.29, 1.82) is 0 Å². The van der Waals surface area contributed by atoms with Crippen LogP contribution in [0.5, 0.6) is 0 Å². The van der Waals surface area contributed by atoms with E-state index in [2.05, 4.69) is 22.3 Å². The minimum Gasteiger partial charge on any atom is -0.373 e. The summed E-state index contributed by atoms with van der Waals surface area (Å²) in [6, 6.07) is 0. The lowest BCUT2D eigenvalue weighted by atomic mass is 9.96. The molecule has 1 aromatic rings. The molecule has 0 amide bonds. The quantitative estimate of drug-likeness (QED) is 0.615. The molecule has 3 N–H and O–H groups in total. The van der Waals surface area contributed by atoms with Crippen LogP contribution in [0.4, 0.5) is 5.82 Å². The first-order valence-electron chi connectivity index (χ1n) is 6.19. The monoisotopic (exact) mass is 236 g/mol. The second-order valence-corrected chi connectivity index (χ2v) is 4.34. The zero-order valence-electron chi connectivity index (χ0n) is 10.5. The molecule has 0 saturated heterocycles. The Hall–Kier alpha value is -1.20. The summed E-state index contributed by atoms with van der Waals surface area (Å²) < 4.78 is 5.38. The minimum absolute atomic E-state index is 0.0469. The highest BCUT2D eigenvalue weighted by atomic mass is 16.5. The molecule has 0 spiro atoms. The molecule has 0 aliphatic heterocycles. The van der Waals surface area contributed by atoms with E-state index in [1.807, 2.05) is 0 Å². The van der Waals surface area contributed by atoms with Gasteiger partial charge in [0.15, 0.2) is 5.82 Å². The van der Waals surface area contributed by atoms with Crippen LogP contribution in [0.15, 0.2) is 0 Å². The molecule has 0 saturated carbocycles. The van der Waals surface area contributed by atoms with E-state index in [0.717, 1.165) is 36.6 Å². The molecule has 17 heavy (non-hydrogen) atoms. The Morgan fingerprint density at radius 3 is 2.76 bits per heavy atom. The van der Waals surface area contributed by atoms with Crippen LogP contribution in [-0.2, 0) is 17.6 Å². The summed E-state index contributed by atoms with van der Waals surface area (Å²) >= 11 is 0. The Kier molecular flexibility index (Phi) is 3.91. The summed E-state index contributed by atoms with van der Waals surface area (Å²) in [4.78, 5) is 9.11. The highest BCUT2D eigenvalue weighted by Gasteiger charge is 2.20. The minimum atomic E-state index is -0.0469. The molecule has 1 aliphatic carbocycles. The average Bonchev–Trinajstić information content (AvgIpc) is 2.39. The molecule has 0 aromatic carbocycles. The van der Waals surface area contributed by atoms with Gasteiger partial charge in [0.2, 0.25) is 0 Å². The summed E-state index contributed by atoms with van der Waals surface area (Å²) in [7, 11) is 1.69. The van der Waals surface area contributed by atoms with Crippen LogP contribution in [0.2, 0.25) is 0 Å². The third-order valence-corrected chi connectivity index (χ3v) is 3.28. The molecule has 1 aliphatic rings. The van der Waals surface area contributed by atoms with E-state index >= 15 is 0 Å². The Balaban J connectivity index is 2.42. The SMILES string of the molecule is CCC(OC)c1nc2c(c(NN)n1)CCCC2. The Labute approximate surface area is 102 Å². The molecule has 0 fully saturated rings. The number of aromatic nitrogens is 2. The lowest BCUT2D eigenvalue weighted by molar-refractivity contribution is 0.0924. The zero-order chi connectivity index (χ0) is 12.3. The number of nitrogens with one attached hydrogen (secondary N) is 1. The van der Waals surface area contributed by atoms with Crippen molar-refractivity contribution < 1.29 is 4.74 Å². The Morgan fingerprint density at radius 1 is 1.35 bits per heavy atom. The van der Waals surface area contributed by atoms with Crippen LogP contribution in [0, 0.1) is 0 Å². The molecule has 1 unspecified atom stereocenters. The lowest BCUT2D eigenvalue weighted by Crippen LogP contribution is -2.19. The summed E-state index contributed by atoms with van der Waals surface area (Å²) in [6.45, 7) is 2.06. The maximum Gasteiger partial charge on any atom is 0.159 e. The molecule has 0 bridgehead atoms. The van der Waals surface area contributed by atoms with E-state index in [1.165, 1.54) is 18.4 Å². The fraction of sp³-hybridized carbons (Fsp3) is 0.667. The smallest absolute Gasteiger partial charge is 0.159 e. The van der Waals surface area contributed by atoms with Crippen molar-refractivity contribution in [2.45, 2.75) is 45.1 Å². The number of nitrogens with zero attached hydrogens (tertiary/aromatic N) is 2. The van der Waals surface area contributed by atoms with E-state index in [4.69, 9.17) is 10.6 Å². The summed E-state index contributed by atoms with van der Waals surface area (Å²) in [6.07, 6.45) is 5.22. The number of hydrazine groups is 1. The summed E-state index contributed by atoms with van der Waals surface area (Å²) in [5.41, 5.74) is 5.00. The van der Waals surface area contributed by atoms with Crippen LogP contribution in [0.25, 0.3) is 0 Å². The molecule has 5 heteroatoms. The van der Waals surface area contributed by atoms with E-state index < -0.39 is 0 Å². The number of hydrogen-bond acceptors (Lipinski definition) is 5. The first-order chi connectivity index (χ1) is 8.30. The first-order valence-corrected chi connectivity index (χ1v) is 6.19. The topological polar surface area (TPSA) is 73.1 Å². The van der Waals surface area contributed by atoms with Crippen molar-refractivity contribution in [1.82, 2.24) is 9.97 Å². The largest absolute Gasteiger partial charge is 0.373 e. The normalized spacial score (nSPS) is 16.4. The van der Waals surface area contributed by atoms with E-state index in [9.17, 15) is 0 Å². The fourth-order valence-corrected chi connectivity index (χ4v) is 2.33. The number of nitrogens with two attached hydrogens (primary N) is 1. The molecule has 2 rings (SSSR count). The van der Waals surface area contributed by atoms with Gasteiger partial charge in [-0.3, -0.25) is 0 Å². The molecular formula is C12H20N4O. The van der Waals surface area contributed by atoms with Gasteiger partial charge in [-0.1, -0.05) is 6.92 Å². The molecular weight excluding hydrogens is 216 g/mol. The first kappa shape index (κ1) is 12.3. The maximum absolute atomic E-state index is 5.54. The van der Waals surface area contributed by atoms with Gasteiger partial charge in [0.25, 0.3) is 0 Å². The Bertz CT molecular complexity index is 373. The van der Waals surface area contributed by atoms with Crippen molar-refractivity contribution in [2.75, 3.05) is 12.5 Å². The number of rotatable bonds is 4. The second-order valence-electron chi connectivity index (χ2n) is 4.34. The number of anilines is 1. The van der Waals surface area contributed by atoms with Gasteiger partial charge >= 0.3 is 0 Å². The summed E-state index contributed by atoms with van der Waals surface area (Å²) in [5.74, 6) is 7.05. The van der Waals surface area contributed by atoms with Crippen molar-refractivity contribution >= 4 is 5.82 Å². The van der Waals surface area contributed by atoms with Gasteiger partial charge in [-0.05, 0) is 32.1 Å². The number of aryl methyl sites for hydroxylation is 1. The molecule has 1 heterocycles. The summed E-state index contributed by atoms with van der Waals surface area (Å²) in [5, 5.41) is 0. The van der Waals surface area contributed by atoms with Crippen LogP contribution in [0.3, 0.4) is 0 Å². The van der Waals surface area contributed by atoms with Gasteiger partial charge in [-0.2, -0.15) is 0 Å². The number of methoxy groups -OCH3 is 1. The standard InChI is InChI=1S/C12H20N4O/c1-3-10(17-2)12-14-9-7-5-4-6-8(9)11(15-12)16-13/h10H,3-7,13H2,1-2H3,(H,14,15,16). The van der Waals surface area contributed by atoms with Gasteiger partial charge in [0.05, 0.1) is 0 Å². The van der Waals surface area contributed by atoms with Gasteiger partial charge in [0, 0.05) is 18.4 Å². The molecule has 94 valence electrons. The third-order valence-electron chi connectivity index (χ3n) is 3.28. The number of hydrogen-bond donors (Lipinski definition) is 2. The highest BCUT2D eigenvalue weighted by molar-refractivity contribution is 5.47. The predicted molar refractivity (Wildman–Crippen MR) is 66.5 cm³/mol. The van der Waals surface area contributed by atoms with Gasteiger partial charge < -0.3 is 10.2 Å². The molecule has 5 nitrogen and oxygen atoms in total. The van der Waals surface area contributed by atoms with Gasteiger partial charge in [-0.15, -0.1) is 0 Å². The van der Waals surface area contributed by atoms with E-state index in [1.54, 1.807) is 7.11 Å². The predicted octanol–water partition coefficient (Wildman–Crippen LogP) is 1.74. The highest BCUT2D eigenvalue weighted by Crippen LogP contribution is 2.27. The fourth-order valence-electron chi connectivity index (χ4n) is 2.33. The zero-order valence-corrected chi connectivity index (χ0v) is 10.5. The molecule has 1 aromatic heterocycles. The van der Waals surface area contributed by atoms with Crippen molar-refractivity contribution in [3.63, 3.8) is 0 Å². The number of nitrogen functional groups attached to an aromatic ring is 1. The van der Waals surface area contributed by atoms with Crippen LogP contribution >= 0.6 is 0 Å². The van der Waals surface area contributed by atoms with Crippen LogP contribution < -0.4 is 11.3 Å². The Morgan fingerprint density at radius 2 is 2.12 bits per heavy atom. The number of ether oxygens (including phenoxy) is 1. The number of fused-ring (bicyclic) bond motifs is 1. The molecule has 0 radical (unpaired) electrons. The third kappa shape index (κ3) is 2.40. The van der Waals surface area contributed by atoms with Crippen molar-refractivity contribution in [2.24, 2.45) is 5.84 Å². The average molecular weight is 236 g/mol.